The monoisotopic (exact) mass is 404 g/mol. The van der Waals surface area contributed by atoms with Crippen LogP contribution in [0.3, 0.4) is 0 Å². The maximum atomic E-state index is 14.1. The van der Waals surface area contributed by atoms with Crippen LogP contribution in [0.5, 0.6) is 0 Å². The lowest BCUT2D eigenvalue weighted by Crippen LogP contribution is -2.51. The smallest absolute Gasteiger partial charge is 0.268 e. The standard InChI is InChI=1S/C20H18F2N2O3S/c1-27-12-18(25)24-7-8-28-20(24)16-10-15(22)5-6-17(16)23(19(20)26)11-13-3-2-4-14(21)9-13/h2-6,9-10H,7-8,11-12H2,1H3/t20-/m1/s1. The van der Waals surface area contributed by atoms with Gasteiger partial charge >= 0.3 is 0 Å². The number of hydrogen-bond acceptors (Lipinski definition) is 4. The molecule has 5 nitrogen and oxygen atoms in total. The average molecular weight is 404 g/mol. The zero-order chi connectivity index (χ0) is 19.9. The molecule has 2 aliphatic rings. The van der Waals surface area contributed by atoms with Crippen LogP contribution in [0.2, 0.25) is 0 Å². The lowest BCUT2D eigenvalue weighted by molar-refractivity contribution is -0.143. The van der Waals surface area contributed by atoms with Crippen LogP contribution in [0.15, 0.2) is 42.5 Å². The summed E-state index contributed by atoms with van der Waals surface area (Å²) in [6.45, 7) is 0.330. The third-order valence-electron chi connectivity index (χ3n) is 4.95. The summed E-state index contributed by atoms with van der Waals surface area (Å²) in [7, 11) is 1.41. The van der Waals surface area contributed by atoms with Crippen LogP contribution in [0, 0.1) is 11.6 Å². The molecule has 2 heterocycles. The van der Waals surface area contributed by atoms with Crippen molar-refractivity contribution in [3.63, 3.8) is 0 Å². The van der Waals surface area contributed by atoms with Gasteiger partial charge in [0, 0.05) is 25.0 Å². The second-order valence-corrected chi connectivity index (χ2v) is 7.94. The lowest BCUT2D eigenvalue weighted by Gasteiger charge is -2.33. The number of methoxy groups -OCH3 is 1. The molecule has 2 aromatic carbocycles. The molecule has 2 aromatic rings. The molecule has 0 unspecified atom stereocenters. The van der Waals surface area contributed by atoms with Crippen molar-refractivity contribution in [1.82, 2.24) is 4.90 Å². The first kappa shape index (κ1) is 18.9. The molecular weight excluding hydrogens is 386 g/mol. The van der Waals surface area contributed by atoms with Gasteiger partial charge in [0.25, 0.3) is 5.91 Å². The van der Waals surface area contributed by atoms with E-state index in [-0.39, 0.29) is 25.0 Å². The van der Waals surface area contributed by atoms with Crippen LogP contribution in [0.4, 0.5) is 14.5 Å². The van der Waals surface area contributed by atoms with Gasteiger partial charge < -0.3 is 14.5 Å². The van der Waals surface area contributed by atoms with E-state index in [1.807, 2.05) is 0 Å². The minimum Gasteiger partial charge on any atom is -0.375 e. The van der Waals surface area contributed by atoms with Crippen molar-refractivity contribution in [2.24, 2.45) is 0 Å². The average Bonchev–Trinajstić information content (AvgIpc) is 3.20. The molecule has 2 amide bonds. The Morgan fingerprint density at radius 3 is 2.75 bits per heavy atom. The molecule has 4 rings (SSSR count). The number of benzene rings is 2. The van der Waals surface area contributed by atoms with E-state index in [0.29, 0.717) is 29.1 Å². The quantitative estimate of drug-likeness (QED) is 0.786. The van der Waals surface area contributed by atoms with E-state index in [1.165, 1.54) is 59.0 Å². The van der Waals surface area contributed by atoms with Gasteiger partial charge in [0.2, 0.25) is 5.91 Å². The first-order valence-electron chi connectivity index (χ1n) is 8.77. The summed E-state index contributed by atoms with van der Waals surface area (Å²) >= 11 is 1.31. The molecule has 2 aliphatic heterocycles. The number of carbonyl (C=O) groups excluding carboxylic acids is 2. The normalized spacial score (nSPS) is 20.9. The van der Waals surface area contributed by atoms with Gasteiger partial charge in [-0.25, -0.2) is 8.78 Å². The molecule has 1 atom stereocenters. The molecule has 0 N–H and O–H groups in total. The van der Waals surface area contributed by atoms with Gasteiger partial charge in [0.05, 0.1) is 12.2 Å². The summed E-state index contributed by atoms with van der Waals surface area (Å²) < 4.78 is 32.7. The van der Waals surface area contributed by atoms with E-state index in [9.17, 15) is 18.4 Å². The molecule has 1 fully saturated rings. The predicted molar refractivity (Wildman–Crippen MR) is 102 cm³/mol. The number of thioether (sulfide) groups is 1. The molecule has 0 saturated carbocycles. The third kappa shape index (κ3) is 2.87. The van der Waals surface area contributed by atoms with Crippen molar-refractivity contribution < 1.29 is 23.1 Å². The molecule has 0 aromatic heterocycles. The molecule has 28 heavy (non-hydrogen) atoms. The highest BCUT2D eigenvalue weighted by Crippen LogP contribution is 2.54. The van der Waals surface area contributed by atoms with Gasteiger partial charge in [-0.15, -0.1) is 11.8 Å². The number of amides is 2. The molecule has 0 bridgehead atoms. The second kappa shape index (κ2) is 7.18. The zero-order valence-electron chi connectivity index (χ0n) is 15.2. The van der Waals surface area contributed by atoms with Crippen LogP contribution in [0.1, 0.15) is 11.1 Å². The molecule has 8 heteroatoms. The third-order valence-corrected chi connectivity index (χ3v) is 6.37. The van der Waals surface area contributed by atoms with E-state index >= 15 is 0 Å². The summed E-state index contributed by atoms with van der Waals surface area (Å²) in [6.07, 6.45) is 0. The maximum absolute atomic E-state index is 14.1. The van der Waals surface area contributed by atoms with Crippen LogP contribution < -0.4 is 4.90 Å². The Morgan fingerprint density at radius 1 is 1.21 bits per heavy atom. The summed E-state index contributed by atoms with van der Waals surface area (Å²) in [5, 5.41) is 0. The van der Waals surface area contributed by atoms with Crippen LogP contribution in [-0.2, 0) is 25.7 Å². The topological polar surface area (TPSA) is 49.9 Å². The van der Waals surface area contributed by atoms with E-state index in [1.54, 1.807) is 12.1 Å². The highest BCUT2D eigenvalue weighted by molar-refractivity contribution is 8.01. The fourth-order valence-corrected chi connectivity index (χ4v) is 5.29. The van der Waals surface area contributed by atoms with Gasteiger partial charge in [0.15, 0.2) is 4.87 Å². The van der Waals surface area contributed by atoms with Crippen LogP contribution >= 0.6 is 11.8 Å². The number of fused-ring (bicyclic) bond motifs is 2. The fourth-order valence-electron chi connectivity index (χ4n) is 3.82. The number of nitrogens with zero attached hydrogens (tertiary/aromatic N) is 2. The Bertz CT molecular complexity index is 955. The van der Waals surface area contributed by atoms with Crippen molar-refractivity contribution in [3.8, 4) is 0 Å². The largest absolute Gasteiger partial charge is 0.375 e. The van der Waals surface area contributed by atoms with E-state index in [0.717, 1.165) is 0 Å². The number of carbonyl (C=O) groups is 2. The number of halogens is 2. The fraction of sp³-hybridized carbons (Fsp3) is 0.300. The van der Waals surface area contributed by atoms with E-state index < -0.39 is 16.5 Å². The summed E-state index contributed by atoms with van der Waals surface area (Å²) in [4.78, 5) is 27.8. The van der Waals surface area contributed by atoms with E-state index in [4.69, 9.17) is 4.74 Å². The highest BCUT2D eigenvalue weighted by Gasteiger charge is 2.59. The predicted octanol–water partition coefficient (Wildman–Crippen LogP) is 2.89. The Kier molecular flexibility index (Phi) is 4.84. The minimum absolute atomic E-state index is 0.129. The second-order valence-electron chi connectivity index (χ2n) is 6.65. The van der Waals surface area contributed by atoms with Gasteiger partial charge in [0.1, 0.15) is 18.2 Å². The highest BCUT2D eigenvalue weighted by atomic mass is 32.2. The summed E-state index contributed by atoms with van der Waals surface area (Å²) in [5.74, 6) is -0.992. The molecule has 146 valence electrons. The van der Waals surface area contributed by atoms with Crippen molar-refractivity contribution in [2.75, 3.05) is 30.9 Å². The minimum atomic E-state index is -1.32. The van der Waals surface area contributed by atoms with Crippen molar-refractivity contribution >= 4 is 29.3 Å². The maximum Gasteiger partial charge on any atom is 0.268 e. The van der Waals surface area contributed by atoms with Gasteiger partial charge in [-0.1, -0.05) is 12.1 Å². The number of anilines is 1. The first-order valence-corrected chi connectivity index (χ1v) is 9.75. The van der Waals surface area contributed by atoms with Crippen molar-refractivity contribution in [3.05, 3.63) is 65.2 Å². The molecular formula is C20H18F2N2O3S. The zero-order valence-corrected chi connectivity index (χ0v) is 16.0. The number of hydrogen-bond donors (Lipinski definition) is 0. The Morgan fingerprint density at radius 2 is 2.00 bits per heavy atom. The van der Waals surface area contributed by atoms with Crippen LogP contribution in [-0.4, -0.2) is 42.7 Å². The SMILES string of the molecule is COCC(=O)N1CCS[C@]12C(=O)N(Cc1cccc(F)c1)c1ccc(F)cc12. The summed E-state index contributed by atoms with van der Waals surface area (Å²) in [6, 6.07) is 10.1. The van der Waals surface area contributed by atoms with Gasteiger partial charge in [-0.3, -0.25) is 9.59 Å². The Hall–Kier alpha value is -2.45. The van der Waals surface area contributed by atoms with Crippen molar-refractivity contribution in [2.45, 2.75) is 11.4 Å². The molecule has 0 aliphatic carbocycles. The van der Waals surface area contributed by atoms with E-state index in [2.05, 4.69) is 0 Å². The molecule has 1 spiro atoms. The molecule has 1 saturated heterocycles. The Labute approximate surface area is 165 Å². The first-order chi connectivity index (χ1) is 13.5. The van der Waals surface area contributed by atoms with Crippen LogP contribution in [0.25, 0.3) is 0 Å². The molecule has 0 radical (unpaired) electrons. The van der Waals surface area contributed by atoms with Gasteiger partial charge in [-0.05, 0) is 35.9 Å². The number of ether oxygens (including phenoxy) is 1. The number of rotatable bonds is 4. The summed E-state index contributed by atoms with van der Waals surface area (Å²) in [5.41, 5.74) is 1.58. The lowest BCUT2D eigenvalue weighted by atomic mass is 10.1. The van der Waals surface area contributed by atoms with Crippen molar-refractivity contribution in [1.29, 1.82) is 0 Å². The van der Waals surface area contributed by atoms with Gasteiger partial charge in [-0.2, -0.15) is 0 Å². The Balaban J connectivity index is 1.80.